The molecule has 0 aliphatic heterocycles. The van der Waals surface area contributed by atoms with Gasteiger partial charge < -0.3 is 5.11 Å². The molecule has 2 N–H and O–H groups in total. The second kappa shape index (κ2) is 4.85. The van der Waals surface area contributed by atoms with Crippen LogP contribution in [0.2, 0.25) is 0 Å². The van der Waals surface area contributed by atoms with Crippen LogP contribution in [0.15, 0.2) is 29.6 Å². The Morgan fingerprint density at radius 3 is 2.53 bits per heavy atom. The van der Waals surface area contributed by atoms with Gasteiger partial charge in [0.1, 0.15) is 5.71 Å². The van der Waals surface area contributed by atoms with Crippen molar-refractivity contribution < 1.29 is 14.7 Å². The minimum atomic E-state index is -1.18. The topological polar surface area (TPSA) is 91.7 Å². The summed E-state index contributed by atoms with van der Waals surface area (Å²) < 4.78 is 0. The lowest BCUT2D eigenvalue weighted by atomic mass is 10.3. The molecule has 6 nitrogen and oxygen atoms in total. The predicted octanol–water partition coefficient (Wildman–Crippen LogP) is 0.272. The molecule has 1 heterocycles. The SMILES string of the molecule is C/C(=N/NC(=O)c1ccncc1)C(=O)O. The molecule has 6 heteroatoms. The van der Waals surface area contributed by atoms with Gasteiger partial charge in [0.15, 0.2) is 0 Å². The highest BCUT2D eigenvalue weighted by Gasteiger charge is 2.05. The zero-order valence-corrected chi connectivity index (χ0v) is 7.97. The molecular formula is C9H9N3O3. The molecular weight excluding hydrogens is 198 g/mol. The minimum Gasteiger partial charge on any atom is -0.477 e. The third-order valence-corrected chi connectivity index (χ3v) is 1.58. The summed E-state index contributed by atoms with van der Waals surface area (Å²) in [5.41, 5.74) is 2.31. The zero-order chi connectivity index (χ0) is 11.3. The van der Waals surface area contributed by atoms with E-state index in [1.54, 1.807) is 0 Å². The number of pyridine rings is 1. The van der Waals surface area contributed by atoms with Crippen molar-refractivity contribution in [1.82, 2.24) is 10.4 Å². The van der Waals surface area contributed by atoms with Gasteiger partial charge >= 0.3 is 5.97 Å². The number of nitrogens with one attached hydrogen (secondary N) is 1. The molecule has 0 unspecified atom stereocenters. The predicted molar refractivity (Wildman–Crippen MR) is 52.4 cm³/mol. The lowest BCUT2D eigenvalue weighted by Gasteiger charge is -1.99. The van der Waals surface area contributed by atoms with Crippen LogP contribution in [0.25, 0.3) is 0 Å². The lowest BCUT2D eigenvalue weighted by Crippen LogP contribution is -2.21. The summed E-state index contributed by atoms with van der Waals surface area (Å²) >= 11 is 0. The Bertz CT molecular complexity index is 400. The van der Waals surface area contributed by atoms with Gasteiger partial charge in [-0.25, -0.2) is 10.2 Å². The highest BCUT2D eigenvalue weighted by molar-refractivity contribution is 6.34. The number of hydrogen-bond acceptors (Lipinski definition) is 4. The number of aromatic nitrogens is 1. The number of hydrazone groups is 1. The molecule has 0 fully saturated rings. The van der Waals surface area contributed by atoms with Crippen LogP contribution in [-0.4, -0.2) is 27.7 Å². The first-order valence-electron chi connectivity index (χ1n) is 4.09. The summed E-state index contributed by atoms with van der Waals surface area (Å²) in [6, 6.07) is 3.00. The van der Waals surface area contributed by atoms with Crippen molar-refractivity contribution in [3.05, 3.63) is 30.1 Å². The van der Waals surface area contributed by atoms with Crippen molar-refractivity contribution in [2.75, 3.05) is 0 Å². The number of rotatable bonds is 3. The number of aliphatic carboxylic acids is 1. The van der Waals surface area contributed by atoms with E-state index in [1.165, 1.54) is 31.5 Å². The van der Waals surface area contributed by atoms with Gasteiger partial charge in [0.2, 0.25) is 0 Å². The van der Waals surface area contributed by atoms with E-state index >= 15 is 0 Å². The first-order valence-corrected chi connectivity index (χ1v) is 4.09. The Kier molecular flexibility index (Phi) is 3.50. The van der Waals surface area contributed by atoms with Crippen LogP contribution in [0.4, 0.5) is 0 Å². The number of carboxylic acid groups (broad SMARTS) is 1. The number of nitrogens with zero attached hydrogens (tertiary/aromatic N) is 2. The van der Waals surface area contributed by atoms with Gasteiger partial charge in [-0.05, 0) is 19.1 Å². The van der Waals surface area contributed by atoms with Crippen LogP contribution < -0.4 is 5.43 Å². The van der Waals surface area contributed by atoms with Gasteiger partial charge in [0, 0.05) is 18.0 Å². The molecule has 1 aromatic rings. The molecule has 0 aliphatic carbocycles. The molecule has 0 atom stereocenters. The van der Waals surface area contributed by atoms with Crippen molar-refractivity contribution >= 4 is 17.6 Å². The molecule has 1 aromatic heterocycles. The Hall–Kier alpha value is -2.24. The van der Waals surface area contributed by atoms with Crippen molar-refractivity contribution in [3.63, 3.8) is 0 Å². The standard InChI is InChI=1S/C9H9N3O3/c1-6(9(14)15)11-12-8(13)7-2-4-10-5-3-7/h2-5H,1H3,(H,12,13)(H,14,15)/b11-6-. The fourth-order valence-electron chi connectivity index (χ4n) is 0.750. The van der Waals surface area contributed by atoms with E-state index in [0.717, 1.165) is 0 Å². The van der Waals surface area contributed by atoms with E-state index in [-0.39, 0.29) is 5.71 Å². The van der Waals surface area contributed by atoms with Crippen LogP contribution in [0, 0.1) is 0 Å². The minimum absolute atomic E-state index is 0.183. The third kappa shape index (κ3) is 3.18. The van der Waals surface area contributed by atoms with Gasteiger partial charge in [0.25, 0.3) is 5.91 Å². The zero-order valence-electron chi connectivity index (χ0n) is 7.97. The van der Waals surface area contributed by atoms with Crippen LogP contribution >= 0.6 is 0 Å². The quantitative estimate of drug-likeness (QED) is 0.549. The highest BCUT2D eigenvalue weighted by Crippen LogP contribution is 1.95. The van der Waals surface area contributed by atoms with Crippen LogP contribution in [-0.2, 0) is 4.79 Å². The van der Waals surface area contributed by atoms with Gasteiger partial charge in [-0.15, -0.1) is 0 Å². The fraction of sp³-hybridized carbons (Fsp3) is 0.111. The molecule has 0 aliphatic rings. The third-order valence-electron chi connectivity index (χ3n) is 1.58. The summed E-state index contributed by atoms with van der Waals surface area (Å²) in [5, 5.41) is 11.9. The Balaban J connectivity index is 2.66. The monoisotopic (exact) mass is 207 g/mol. The fourth-order valence-corrected chi connectivity index (χ4v) is 0.750. The average molecular weight is 207 g/mol. The Labute approximate surface area is 85.6 Å². The molecule has 0 bridgehead atoms. The number of amides is 1. The normalized spacial score (nSPS) is 10.9. The van der Waals surface area contributed by atoms with E-state index in [2.05, 4.69) is 15.5 Å². The van der Waals surface area contributed by atoms with Crippen molar-refractivity contribution in [3.8, 4) is 0 Å². The Morgan fingerprint density at radius 1 is 1.40 bits per heavy atom. The number of carbonyl (C=O) groups is 2. The second-order valence-corrected chi connectivity index (χ2v) is 2.68. The van der Waals surface area contributed by atoms with Gasteiger partial charge in [-0.3, -0.25) is 9.78 Å². The molecule has 0 saturated heterocycles. The largest absolute Gasteiger partial charge is 0.477 e. The van der Waals surface area contributed by atoms with E-state index in [4.69, 9.17) is 5.11 Å². The van der Waals surface area contributed by atoms with E-state index in [0.29, 0.717) is 5.56 Å². The van der Waals surface area contributed by atoms with E-state index in [1.807, 2.05) is 0 Å². The first-order chi connectivity index (χ1) is 7.11. The van der Waals surface area contributed by atoms with Crippen molar-refractivity contribution in [1.29, 1.82) is 0 Å². The maximum absolute atomic E-state index is 11.3. The summed E-state index contributed by atoms with van der Waals surface area (Å²) in [6.45, 7) is 1.29. The summed E-state index contributed by atoms with van der Waals surface area (Å²) in [6.07, 6.45) is 2.92. The molecule has 0 radical (unpaired) electrons. The van der Waals surface area contributed by atoms with Crippen LogP contribution in [0.3, 0.4) is 0 Å². The van der Waals surface area contributed by atoms with E-state index < -0.39 is 11.9 Å². The first kappa shape index (κ1) is 10.8. The summed E-state index contributed by atoms with van der Waals surface area (Å²) in [4.78, 5) is 25.4. The number of hydrogen-bond donors (Lipinski definition) is 2. The molecule has 1 amide bonds. The molecule has 15 heavy (non-hydrogen) atoms. The molecule has 0 aromatic carbocycles. The van der Waals surface area contributed by atoms with Gasteiger partial charge in [0.05, 0.1) is 0 Å². The van der Waals surface area contributed by atoms with Gasteiger partial charge in [-0.2, -0.15) is 5.10 Å². The van der Waals surface area contributed by atoms with Crippen molar-refractivity contribution in [2.24, 2.45) is 5.10 Å². The second-order valence-electron chi connectivity index (χ2n) is 2.68. The highest BCUT2D eigenvalue weighted by atomic mass is 16.4. The smallest absolute Gasteiger partial charge is 0.351 e. The molecule has 78 valence electrons. The summed E-state index contributed by atoms with van der Waals surface area (Å²) in [5.74, 6) is -1.65. The Morgan fingerprint density at radius 2 is 2.00 bits per heavy atom. The van der Waals surface area contributed by atoms with Crippen LogP contribution in [0.1, 0.15) is 17.3 Å². The van der Waals surface area contributed by atoms with E-state index in [9.17, 15) is 9.59 Å². The number of carbonyl (C=O) groups excluding carboxylic acids is 1. The molecule has 0 spiro atoms. The molecule has 1 rings (SSSR count). The summed E-state index contributed by atoms with van der Waals surface area (Å²) in [7, 11) is 0. The van der Waals surface area contributed by atoms with Gasteiger partial charge in [-0.1, -0.05) is 0 Å². The number of carboxylic acids is 1. The van der Waals surface area contributed by atoms with Crippen LogP contribution in [0.5, 0.6) is 0 Å². The average Bonchev–Trinajstić information content (AvgIpc) is 2.26. The maximum atomic E-state index is 11.3. The molecule has 0 saturated carbocycles. The lowest BCUT2D eigenvalue weighted by molar-refractivity contribution is -0.129. The maximum Gasteiger partial charge on any atom is 0.351 e. The van der Waals surface area contributed by atoms with Crippen molar-refractivity contribution in [2.45, 2.75) is 6.92 Å².